The number of nitrogens with one attached hydrogen (secondary N) is 2. The Morgan fingerprint density at radius 2 is 1.76 bits per heavy atom. The number of rotatable bonds is 7. The lowest BCUT2D eigenvalue weighted by molar-refractivity contribution is -0.120. The molecule has 3 rings (SSSR count). The van der Waals surface area contributed by atoms with Crippen molar-refractivity contribution in [3.8, 4) is 0 Å². The molecule has 0 radical (unpaired) electrons. The maximum Gasteiger partial charge on any atom is 0.227 e. The van der Waals surface area contributed by atoms with Gasteiger partial charge in [-0.1, -0.05) is 38.1 Å². The van der Waals surface area contributed by atoms with Crippen molar-refractivity contribution in [3.05, 3.63) is 59.9 Å². The van der Waals surface area contributed by atoms with Gasteiger partial charge in [0, 0.05) is 18.0 Å². The molecule has 1 heterocycles. The van der Waals surface area contributed by atoms with E-state index in [1.54, 1.807) is 0 Å². The summed E-state index contributed by atoms with van der Waals surface area (Å²) in [6.07, 6.45) is 3.53. The third kappa shape index (κ3) is 4.27. The largest absolute Gasteiger partial charge is 0.342 e. The first-order valence-electron chi connectivity index (χ1n) is 9.03. The molecule has 0 saturated carbocycles. The molecule has 0 unspecified atom stereocenters. The number of para-hydroxylation sites is 2. The number of carbonyl (C=O) groups is 1. The number of aryl methyl sites for hydroxylation is 2. The highest BCUT2D eigenvalue weighted by atomic mass is 16.1. The summed E-state index contributed by atoms with van der Waals surface area (Å²) in [4.78, 5) is 20.1. The minimum Gasteiger partial charge on any atom is -0.342 e. The van der Waals surface area contributed by atoms with Crippen LogP contribution in [0, 0.1) is 5.92 Å². The Bertz CT molecular complexity index is 799. The maximum absolute atomic E-state index is 12.1. The highest BCUT2D eigenvalue weighted by Crippen LogP contribution is 2.16. The van der Waals surface area contributed by atoms with Crippen molar-refractivity contribution in [1.29, 1.82) is 0 Å². The average Bonchev–Trinajstić information content (AvgIpc) is 3.05. The normalized spacial score (nSPS) is 11.2. The van der Waals surface area contributed by atoms with E-state index in [9.17, 15) is 4.79 Å². The van der Waals surface area contributed by atoms with Crippen LogP contribution >= 0.6 is 0 Å². The molecule has 0 aliphatic rings. The molecule has 1 aromatic heterocycles. The zero-order valence-corrected chi connectivity index (χ0v) is 14.9. The Balaban J connectivity index is 1.58. The van der Waals surface area contributed by atoms with Crippen LogP contribution in [0.5, 0.6) is 0 Å². The monoisotopic (exact) mass is 335 g/mol. The molecule has 0 atom stereocenters. The molecule has 2 N–H and O–H groups in total. The van der Waals surface area contributed by atoms with Crippen LogP contribution in [0.15, 0.2) is 48.5 Å². The molecule has 0 saturated heterocycles. The van der Waals surface area contributed by atoms with Crippen molar-refractivity contribution >= 4 is 22.6 Å². The van der Waals surface area contributed by atoms with E-state index in [4.69, 9.17) is 0 Å². The van der Waals surface area contributed by atoms with Gasteiger partial charge in [0.25, 0.3) is 0 Å². The van der Waals surface area contributed by atoms with E-state index < -0.39 is 0 Å². The molecule has 2 aromatic carbocycles. The summed E-state index contributed by atoms with van der Waals surface area (Å²) in [7, 11) is 0. The van der Waals surface area contributed by atoms with Gasteiger partial charge in [-0.15, -0.1) is 0 Å². The Kier molecular flexibility index (Phi) is 5.49. The fourth-order valence-corrected chi connectivity index (χ4v) is 3.05. The van der Waals surface area contributed by atoms with Crippen LogP contribution in [-0.2, 0) is 17.6 Å². The van der Waals surface area contributed by atoms with Crippen molar-refractivity contribution in [3.63, 3.8) is 0 Å². The van der Waals surface area contributed by atoms with Gasteiger partial charge in [0.2, 0.25) is 5.91 Å². The molecule has 0 bridgehead atoms. The lowest BCUT2D eigenvalue weighted by atomic mass is 10.0. The fraction of sp³-hybridized carbons (Fsp3) is 0.333. The number of imidazole rings is 1. The number of carbonyl (C=O) groups excluding carboxylic acids is 1. The summed E-state index contributed by atoms with van der Waals surface area (Å²) in [6, 6.07) is 16.2. The zero-order valence-electron chi connectivity index (χ0n) is 14.9. The molecule has 130 valence electrons. The molecule has 25 heavy (non-hydrogen) atoms. The summed E-state index contributed by atoms with van der Waals surface area (Å²) in [6.45, 7) is 4.10. The van der Waals surface area contributed by atoms with Crippen LogP contribution < -0.4 is 5.32 Å². The van der Waals surface area contributed by atoms with Gasteiger partial charge in [0.05, 0.1) is 11.0 Å². The second-order valence-corrected chi connectivity index (χ2v) is 6.40. The molecule has 4 nitrogen and oxygen atoms in total. The van der Waals surface area contributed by atoms with Crippen molar-refractivity contribution in [2.45, 2.75) is 39.5 Å². The van der Waals surface area contributed by atoms with Crippen molar-refractivity contribution in [2.75, 3.05) is 5.32 Å². The van der Waals surface area contributed by atoms with Gasteiger partial charge in [-0.2, -0.15) is 0 Å². The second kappa shape index (κ2) is 7.97. The van der Waals surface area contributed by atoms with Crippen LogP contribution in [0.2, 0.25) is 0 Å². The summed E-state index contributed by atoms with van der Waals surface area (Å²) in [5, 5.41) is 3.01. The van der Waals surface area contributed by atoms with E-state index in [-0.39, 0.29) is 11.8 Å². The van der Waals surface area contributed by atoms with Gasteiger partial charge < -0.3 is 10.3 Å². The standard InChI is InChI=1S/C21H25N3O/c1-3-16(4-2)21(25)22-17-12-9-15(10-13-17)11-14-20-23-18-7-5-6-8-19(18)24-20/h5-10,12-13,16H,3-4,11,14H2,1-2H3,(H,22,25)(H,23,24). The molecule has 3 aromatic rings. The number of fused-ring (bicyclic) bond motifs is 1. The minimum atomic E-state index is 0.0905. The Morgan fingerprint density at radius 3 is 2.44 bits per heavy atom. The summed E-state index contributed by atoms with van der Waals surface area (Å²) >= 11 is 0. The van der Waals surface area contributed by atoms with Crippen LogP contribution in [0.4, 0.5) is 5.69 Å². The van der Waals surface area contributed by atoms with Gasteiger partial charge in [0.1, 0.15) is 5.82 Å². The lowest BCUT2D eigenvalue weighted by Crippen LogP contribution is -2.21. The molecular weight excluding hydrogens is 310 g/mol. The number of aromatic amines is 1. The Hall–Kier alpha value is -2.62. The second-order valence-electron chi connectivity index (χ2n) is 6.40. The quantitative estimate of drug-likeness (QED) is 0.656. The Labute approximate surface area is 148 Å². The topological polar surface area (TPSA) is 57.8 Å². The molecule has 4 heteroatoms. The number of nitrogens with zero attached hydrogens (tertiary/aromatic N) is 1. The highest BCUT2D eigenvalue weighted by Gasteiger charge is 2.13. The number of anilines is 1. The summed E-state index contributed by atoms with van der Waals surface area (Å²) in [5.74, 6) is 1.21. The van der Waals surface area contributed by atoms with Crippen molar-refractivity contribution < 1.29 is 4.79 Å². The first kappa shape index (κ1) is 17.2. The predicted molar refractivity (Wildman–Crippen MR) is 103 cm³/mol. The lowest BCUT2D eigenvalue weighted by Gasteiger charge is -2.13. The van der Waals surface area contributed by atoms with E-state index in [1.165, 1.54) is 5.56 Å². The molecule has 0 fully saturated rings. The van der Waals surface area contributed by atoms with Gasteiger partial charge in [-0.25, -0.2) is 4.98 Å². The van der Waals surface area contributed by atoms with Crippen molar-refractivity contribution in [2.24, 2.45) is 5.92 Å². The number of H-pyrrole nitrogens is 1. The minimum absolute atomic E-state index is 0.0905. The van der Waals surface area contributed by atoms with Gasteiger partial charge >= 0.3 is 0 Å². The average molecular weight is 335 g/mol. The third-order valence-corrected chi connectivity index (χ3v) is 4.67. The first-order valence-corrected chi connectivity index (χ1v) is 9.03. The van der Waals surface area contributed by atoms with E-state index in [1.807, 2.05) is 36.4 Å². The number of aromatic nitrogens is 2. The Morgan fingerprint density at radius 1 is 1.04 bits per heavy atom. The molecule has 0 aliphatic heterocycles. The summed E-state index contributed by atoms with van der Waals surface area (Å²) < 4.78 is 0. The number of amides is 1. The van der Waals surface area contributed by atoms with Gasteiger partial charge in [-0.05, 0) is 49.1 Å². The van der Waals surface area contributed by atoms with E-state index >= 15 is 0 Å². The van der Waals surface area contributed by atoms with E-state index in [0.717, 1.165) is 48.2 Å². The SMILES string of the molecule is CCC(CC)C(=O)Nc1ccc(CCc2nc3ccccc3[nH]2)cc1. The third-order valence-electron chi connectivity index (χ3n) is 4.67. The van der Waals surface area contributed by atoms with Crippen molar-refractivity contribution in [1.82, 2.24) is 9.97 Å². The zero-order chi connectivity index (χ0) is 17.6. The van der Waals surface area contributed by atoms with Crippen LogP contribution in [0.25, 0.3) is 11.0 Å². The molecule has 1 amide bonds. The number of hydrogen-bond acceptors (Lipinski definition) is 2. The van der Waals surface area contributed by atoms with E-state index in [0.29, 0.717) is 0 Å². The summed E-state index contributed by atoms with van der Waals surface area (Å²) in [5.41, 5.74) is 4.19. The predicted octanol–water partition coefficient (Wildman–Crippen LogP) is 4.72. The molecular formula is C21H25N3O. The maximum atomic E-state index is 12.1. The molecule has 0 spiro atoms. The van der Waals surface area contributed by atoms with Gasteiger partial charge in [-0.3, -0.25) is 4.79 Å². The first-order chi connectivity index (χ1) is 12.2. The molecule has 0 aliphatic carbocycles. The fourth-order valence-electron chi connectivity index (χ4n) is 3.05. The van der Waals surface area contributed by atoms with Gasteiger partial charge in [0.15, 0.2) is 0 Å². The van der Waals surface area contributed by atoms with Crippen LogP contribution in [-0.4, -0.2) is 15.9 Å². The van der Waals surface area contributed by atoms with Crippen LogP contribution in [0.1, 0.15) is 38.1 Å². The highest BCUT2D eigenvalue weighted by molar-refractivity contribution is 5.92. The smallest absolute Gasteiger partial charge is 0.227 e. The number of benzene rings is 2. The van der Waals surface area contributed by atoms with Crippen LogP contribution in [0.3, 0.4) is 0 Å². The number of hydrogen-bond donors (Lipinski definition) is 2. The van der Waals surface area contributed by atoms with E-state index in [2.05, 4.69) is 41.3 Å².